The Morgan fingerprint density at radius 2 is 1.42 bits per heavy atom. The third kappa shape index (κ3) is 4.26. The number of carbonyl (C=O) groups is 3. The van der Waals surface area contributed by atoms with Crippen LogP contribution in [0.5, 0.6) is 0 Å². The Morgan fingerprint density at radius 1 is 1.08 bits per heavy atom. The zero-order chi connectivity index (χ0) is 9.72. The van der Waals surface area contributed by atoms with Gasteiger partial charge in [-0.1, -0.05) is 0 Å². The number of carboxylic acid groups (broad SMARTS) is 2. The minimum Gasteiger partial charge on any atom is -0.480 e. The molecule has 2 N–H and O–H groups in total. The van der Waals surface area contributed by atoms with Gasteiger partial charge < -0.3 is 15.1 Å². The van der Waals surface area contributed by atoms with E-state index in [1.54, 1.807) is 0 Å². The fourth-order valence-corrected chi connectivity index (χ4v) is 0.559. The number of hydrogen-bond acceptors (Lipinski definition) is 3. The SMILES string of the molecule is [CH2]C(=O)N(CC(=O)O)CC(=O)O. The van der Waals surface area contributed by atoms with Crippen LogP contribution in [0, 0.1) is 6.92 Å². The summed E-state index contributed by atoms with van der Waals surface area (Å²) in [7, 11) is 0. The Hall–Kier alpha value is -1.59. The van der Waals surface area contributed by atoms with Crippen LogP contribution in [0.1, 0.15) is 0 Å². The van der Waals surface area contributed by atoms with Crippen LogP contribution in [-0.2, 0) is 14.4 Å². The summed E-state index contributed by atoms with van der Waals surface area (Å²) < 4.78 is 0. The second-order valence-corrected chi connectivity index (χ2v) is 2.04. The Bertz CT molecular complexity index is 196. The molecular formula is C6H8NO5. The summed E-state index contributed by atoms with van der Waals surface area (Å²) in [6.07, 6.45) is 0. The van der Waals surface area contributed by atoms with Gasteiger partial charge in [-0.2, -0.15) is 0 Å². The van der Waals surface area contributed by atoms with E-state index in [0.29, 0.717) is 4.90 Å². The van der Waals surface area contributed by atoms with E-state index < -0.39 is 30.9 Å². The van der Waals surface area contributed by atoms with Crippen LogP contribution >= 0.6 is 0 Å². The number of hydrogen-bond donors (Lipinski definition) is 2. The molecule has 0 rings (SSSR count). The first-order chi connectivity index (χ1) is 5.43. The lowest BCUT2D eigenvalue weighted by Crippen LogP contribution is -2.37. The molecule has 12 heavy (non-hydrogen) atoms. The summed E-state index contributed by atoms with van der Waals surface area (Å²) >= 11 is 0. The van der Waals surface area contributed by atoms with Gasteiger partial charge in [0.05, 0.1) is 0 Å². The number of carbonyl (C=O) groups excluding carboxylic acids is 1. The van der Waals surface area contributed by atoms with Gasteiger partial charge in [0.2, 0.25) is 5.91 Å². The summed E-state index contributed by atoms with van der Waals surface area (Å²) in [5.74, 6) is -3.36. The summed E-state index contributed by atoms with van der Waals surface area (Å²) in [4.78, 5) is 31.3. The van der Waals surface area contributed by atoms with Gasteiger partial charge in [0.1, 0.15) is 13.1 Å². The molecule has 0 saturated carbocycles. The standard InChI is InChI=1S/C6H8NO5/c1-4(8)7(2-5(9)10)3-6(11)12/h1-3H2,(H,9,10)(H,11,12). The predicted octanol–water partition coefficient (Wildman–Crippen LogP) is -1.18. The fraction of sp³-hybridized carbons (Fsp3) is 0.333. The lowest BCUT2D eigenvalue weighted by atomic mass is 10.4. The van der Waals surface area contributed by atoms with Crippen LogP contribution in [0.15, 0.2) is 0 Å². The van der Waals surface area contributed by atoms with E-state index in [9.17, 15) is 14.4 Å². The number of aliphatic carboxylic acids is 2. The highest BCUT2D eigenvalue weighted by Gasteiger charge is 2.15. The number of amides is 1. The van der Waals surface area contributed by atoms with Gasteiger partial charge in [-0.15, -0.1) is 0 Å². The highest BCUT2D eigenvalue weighted by Crippen LogP contribution is 1.88. The van der Waals surface area contributed by atoms with Crippen molar-refractivity contribution in [1.29, 1.82) is 0 Å². The topological polar surface area (TPSA) is 94.9 Å². The van der Waals surface area contributed by atoms with Gasteiger partial charge in [0.25, 0.3) is 0 Å². The van der Waals surface area contributed by atoms with Crippen LogP contribution < -0.4 is 0 Å². The molecule has 1 radical (unpaired) electrons. The molecule has 0 heterocycles. The van der Waals surface area contributed by atoms with Crippen molar-refractivity contribution >= 4 is 17.8 Å². The Balaban J connectivity index is 4.14. The van der Waals surface area contributed by atoms with E-state index in [0.717, 1.165) is 0 Å². The second kappa shape index (κ2) is 4.32. The highest BCUT2D eigenvalue weighted by molar-refractivity contribution is 5.87. The normalized spacial score (nSPS) is 9.08. The molecular weight excluding hydrogens is 166 g/mol. The van der Waals surface area contributed by atoms with Gasteiger partial charge in [0.15, 0.2) is 0 Å². The average Bonchev–Trinajstić information content (AvgIpc) is 1.83. The Morgan fingerprint density at radius 3 is 1.58 bits per heavy atom. The third-order valence-corrected chi connectivity index (χ3v) is 1.00. The van der Waals surface area contributed by atoms with Crippen LogP contribution in [0.4, 0.5) is 0 Å². The molecule has 0 spiro atoms. The molecule has 0 unspecified atom stereocenters. The van der Waals surface area contributed by atoms with E-state index in [4.69, 9.17) is 10.2 Å². The number of rotatable bonds is 4. The maximum absolute atomic E-state index is 10.5. The van der Waals surface area contributed by atoms with E-state index in [-0.39, 0.29) is 0 Å². The van der Waals surface area contributed by atoms with Crippen molar-refractivity contribution in [1.82, 2.24) is 4.90 Å². The van der Waals surface area contributed by atoms with Crippen LogP contribution in [0.3, 0.4) is 0 Å². The average molecular weight is 174 g/mol. The van der Waals surface area contributed by atoms with Crippen LogP contribution in [0.25, 0.3) is 0 Å². The lowest BCUT2D eigenvalue weighted by Gasteiger charge is -2.15. The fourth-order valence-electron chi connectivity index (χ4n) is 0.559. The quantitative estimate of drug-likeness (QED) is 0.559. The molecule has 6 nitrogen and oxygen atoms in total. The van der Waals surface area contributed by atoms with Crippen LogP contribution in [0.2, 0.25) is 0 Å². The minimum absolute atomic E-state index is 0.616. The molecule has 0 aliphatic rings. The monoisotopic (exact) mass is 174 g/mol. The van der Waals surface area contributed by atoms with Crippen molar-refractivity contribution in [3.63, 3.8) is 0 Å². The molecule has 0 aromatic rings. The van der Waals surface area contributed by atoms with E-state index >= 15 is 0 Å². The van der Waals surface area contributed by atoms with E-state index in [2.05, 4.69) is 6.92 Å². The van der Waals surface area contributed by atoms with Gasteiger partial charge in [0, 0.05) is 6.92 Å². The molecule has 0 aliphatic heterocycles. The number of nitrogens with zero attached hydrogens (tertiary/aromatic N) is 1. The van der Waals surface area contributed by atoms with Crippen molar-refractivity contribution < 1.29 is 24.6 Å². The molecule has 0 aromatic carbocycles. The van der Waals surface area contributed by atoms with Crippen molar-refractivity contribution in [2.24, 2.45) is 0 Å². The molecule has 0 aliphatic carbocycles. The molecule has 6 heteroatoms. The summed E-state index contributed by atoms with van der Waals surface area (Å²) in [5, 5.41) is 16.5. The Labute approximate surface area is 68.4 Å². The largest absolute Gasteiger partial charge is 0.480 e. The lowest BCUT2D eigenvalue weighted by molar-refractivity contribution is -0.147. The van der Waals surface area contributed by atoms with Gasteiger partial charge in [-0.25, -0.2) is 0 Å². The van der Waals surface area contributed by atoms with Crippen molar-refractivity contribution in [3.05, 3.63) is 6.92 Å². The maximum atomic E-state index is 10.5. The van der Waals surface area contributed by atoms with E-state index in [1.165, 1.54) is 0 Å². The summed E-state index contributed by atoms with van der Waals surface area (Å²) in [5.41, 5.74) is 0. The van der Waals surface area contributed by atoms with Crippen LogP contribution in [-0.4, -0.2) is 46.0 Å². The number of carboxylic acids is 2. The van der Waals surface area contributed by atoms with Gasteiger partial charge >= 0.3 is 11.9 Å². The molecule has 0 atom stereocenters. The highest BCUT2D eigenvalue weighted by atomic mass is 16.4. The molecule has 67 valence electrons. The first kappa shape index (κ1) is 10.4. The van der Waals surface area contributed by atoms with Crippen molar-refractivity contribution in [2.75, 3.05) is 13.1 Å². The zero-order valence-corrected chi connectivity index (χ0v) is 6.19. The summed E-state index contributed by atoms with van der Waals surface area (Å²) in [6, 6.07) is 0. The van der Waals surface area contributed by atoms with E-state index in [1.807, 2.05) is 0 Å². The summed E-state index contributed by atoms with van der Waals surface area (Å²) in [6.45, 7) is 1.62. The van der Waals surface area contributed by atoms with Crippen molar-refractivity contribution in [2.45, 2.75) is 0 Å². The molecule has 0 fully saturated rings. The third-order valence-electron chi connectivity index (χ3n) is 1.00. The van der Waals surface area contributed by atoms with Gasteiger partial charge in [-0.3, -0.25) is 14.4 Å². The Kier molecular flexibility index (Phi) is 3.75. The first-order valence-corrected chi connectivity index (χ1v) is 2.98. The minimum atomic E-state index is -1.27. The maximum Gasteiger partial charge on any atom is 0.323 e. The molecule has 0 aromatic heterocycles. The molecule has 0 bridgehead atoms. The van der Waals surface area contributed by atoms with Crippen molar-refractivity contribution in [3.8, 4) is 0 Å². The second-order valence-electron chi connectivity index (χ2n) is 2.04. The molecule has 1 amide bonds. The smallest absolute Gasteiger partial charge is 0.323 e. The van der Waals surface area contributed by atoms with Gasteiger partial charge in [-0.05, 0) is 0 Å². The zero-order valence-electron chi connectivity index (χ0n) is 6.19. The first-order valence-electron chi connectivity index (χ1n) is 2.98. The predicted molar refractivity (Wildman–Crippen MR) is 37.2 cm³/mol. The molecule has 0 saturated heterocycles.